The molecule has 3 aromatic rings. The van der Waals surface area contributed by atoms with Crippen molar-refractivity contribution in [3.63, 3.8) is 0 Å². The van der Waals surface area contributed by atoms with Gasteiger partial charge >= 0.3 is 0 Å². The Hall–Kier alpha value is -2.11. The van der Waals surface area contributed by atoms with Gasteiger partial charge in [-0.1, -0.05) is 37.2 Å². The number of ether oxygens (including phenoxy) is 1. The van der Waals surface area contributed by atoms with Crippen molar-refractivity contribution in [1.29, 1.82) is 0 Å². The SMILES string of the molecule is COc1ccc2c(Sc3ccc(Cl)cc3)c(C(=O)N3C[C@H](C)C[C@H](C)C3)[nH]c2c1. The lowest BCUT2D eigenvalue weighted by Gasteiger charge is -2.34. The zero-order valence-electron chi connectivity index (χ0n) is 16.9. The van der Waals surface area contributed by atoms with E-state index < -0.39 is 0 Å². The Labute approximate surface area is 180 Å². The summed E-state index contributed by atoms with van der Waals surface area (Å²) in [7, 11) is 1.65. The fourth-order valence-corrected chi connectivity index (χ4v) is 5.30. The molecule has 0 spiro atoms. The standard InChI is InChI=1S/C23H25ClN2O2S/c1-14-10-15(2)13-26(12-14)23(27)21-22(29-18-7-4-16(24)5-8-18)19-9-6-17(28-3)11-20(19)25-21/h4-9,11,14-15,25H,10,12-13H2,1-3H3/t14-,15+. The second-order valence-corrected chi connectivity index (χ2v) is 9.47. The molecular formula is C23H25ClN2O2S. The van der Waals surface area contributed by atoms with Gasteiger partial charge in [-0.05, 0) is 54.7 Å². The van der Waals surface area contributed by atoms with Crippen molar-refractivity contribution in [3.05, 3.63) is 53.2 Å². The summed E-state index contributed by atoms with van der Waals surface area (Å²) < 4.78 is 5.37. The van der Waals surface area contributed by atoms with Crippen molar-refractivity contribution in [3.8, 4) is 5.75 Å². The molecule has 4 nitrogen and oxygen atoms in total. The monoisotopic (exact) mass is 428 g/mol. The van der Waals surface area contributed by atoms with Gasteiger partial charge in [0.1, 0.15) is 11.4 Å². The van der Waals surface area contributed by atoms with E-state index in [-0.39, 0.29) is 5.91 Å². The third kappa shape index (κ3) is 4.26. The maximum absolute atomic E-state index is 13.5. The first kappa shape index (κ1) is 20.2. The molecule has 2 heterocycles. The number of H-pyrrole nitrogens is 1. The molecule has 4 rings (SSSR count). The van der Waals surface area contributed by atoms with Gasteiger partial charge in [0.25, 0.3) is 5.91 Å². The van der Waals surface area contributed by atoms with Crippen LogP contribution in [-0.2, 0) is 0 Å². The van der Waals surface area contributed by atoms with Gasteiger partial charge < -0.3 is 14.6 Å². The number of halogens is 1. The number of piperidine rings is 1. The van der Waals surface area contributed by atoms with Crippen molar-refractivity contribution in [1.82, 2.24) is 9.88 Å². The number of fused-ring (bicyclic) bond motifs is 1. The van der Waals surface area contributed by atoms with Crippen LogP contribution in [0.2, 0.25) is 5.02 Å². The number of amides is 1. The van der Waals surface area contributed by atoms with Crippen molar-refractivity contribution in [2.45, 2.75) is 30.1 Å². The number of hydrogen-bond donors (Lipinski definition) is 1. The van der Waals surface area contributed by atoms with Crippen molar-refractivity contribution in [2.24, 2.45) is 11.8 Å². The molecule has 0 aliphatic carbocycles. The highest BCUT2D eigenvalue weighted by Crippen LogP contribution is 2.39. The average molecular weight is 429 g/mol. The van der Waals surface area contributed by atoms with E-state index in [1.165, 1.54) is 6.42 Å². The minimum Gasteiger partial charge on any atom is -0.497 e. The third-order valence-corrected chi connectivity index (χ3v) is 6.75. The summed E-state index contributed by atoms with van der Waals surface area (Å²) in [4.78, 5) is 20.9. The molecule has 1 amide bonds. The molecule has 0 bridgehead atoms. The molecule has 2 atom stereocenters. The molecular weight excluding hydrogens is 404 g/mol. The number of aromatic nitrogens is 1. The third-order valence-electron chi connectivity index (χ3n) is 5.36. The van der Waals surface area contributed by atoms with Crippen LogP contribution in [0.1, 0.15) is 30.8 Å². The van der Waals surface area contributed by atoms with Crippen LogP contribution in [0.3, 0.4) is 0 Å². The maximum Gasteiger partial charge on any atom is 0.271 e. The lowest BCUT2D eigenvalue weighted by atomic mass is 9.92. The molecule has 1 aliphatic heterocycles. The highest BCUT2D eigenvalue weighted by atomic mass is 35.5. The van der Waals surface area contributed by atoms with Gasteiger partial charge in [-0.15, -0.1) is 0 Å². The van der Waals surface area contributed by atoms with E-state index >= 15 is 0 Å². The van der Waals surface area contributed by atoms with Gasteiger partial charge in [-0.2, -0.15) is 0 Å². The first-order valence-electron chi connectivity index (χ1n) is 9.87. The Bertz CT molecular complexity index is 1020. The first-order chi connectivity index (χ1) is 13.9. The van der Waals surface area contributed by atoms with Gasteiger partial charge in [0.2, 0.25) is 0 Å². The Kier molecular flexibility index (Phi) is 5.79. The Morgan fingerprint density at radius 2 is 1.83 bits per heavy atom. The molecule has 2 aromatic carbocycles. The Morgan fingerprint density at radius 1 is 1.14 bits per heavy atom. The van der Waals surface area contributed by atoms with Gasteiger partial charge in [0.15, 0.2) is 0 Å². The minimum absolute atomic E-state index is 0.0648. The number of hydrogen-bond acceptors (Lipinski definition) is 3. The number of carbonyl (C=O) groups is 1. The smallest absolute Gasteiger partial charge is 0.271 e. The molecule has 1 aliphatic rings. The summed E-state index contributed by atoms with van der Waals surface area (Å²) in [6, 6.07) is 13.6. The predicted molar refractivity (Wildman–Crippen MR) is 119 cm³/mol. The first-order valence-corrected chi connectivity index (χ1v) is 11.1. The van der Waals surface area contributed by atoms with Crippen molar-refractivity contribution >= 4 is 40.2 Å². The number of nitrogens with zero attached hydrogens (tertiary/aromatic N) is 1. The number of benzene rings is 2. The molecule has 29 heavy (non-hydrogen) atoms. The average Bonchev–Trinajstić information content (AvgIpc) is 3.05. The number of aromatic amines is 1. The highest BCUT2D eigenvalue weighted by Gasteiger charge is 2.29. The molecule has 0 radical (unpaired) electrons. The highest BCUT2D eigenvalue weighted by molar-refractivity contribution is 7.99. The van der Waals surface area contributed by atoms with Crippen molar-refractivity contribution in [2.75, 3.05) is 20.2 Å². The lowest BCUT2D eigenvalue weighted by Crippen LogP contribution is -2.42. The fourth-order valence-electron chi connectivity index (χ4n) is 4.14. The summed E-state index contributed by atoms with van der Waals surface area (Å²) in [5, 5.41) is 1.72. The van der Waals surface area contributed by atoms with E-state index in [1.54, 1.807) is 18.9 Å². The Morgan fingerprint density at radius 3 is 2.48 bits per heavy atom. The van der Waals surface area contributed by atoms with Crippen LogP contribution in [0.4, 0.5) is 0 Å². The molecule has 0 unspecified atom stereocenters. The number of carbonyl (C=O) groups excluding carboxylic acids is 1. The number of methoxy groups -OCH3 is 1. The lowest BCUT2D eigenvalue weighted by molar-refractivity contribution is 0.0614. The van der Waals surface area contributed by atoms with Gasteiger partial charge in [-0.3, -0.25) is 4.79 Å². The number of rotatable bonds is 4. The van der Waals surface area contributed by atoms with E-state index in [1.807, 2.05) is 47.4 Å². The molecule has 1 aromatic heterocycles. The van der Waals surface area contributed by atoms with Crippen LogP contribution in [0.15, 0.2) is 52.3 Å². The summed E-state index contributed by atoms with van der Waals surface area (Å²) in [6.45, 7) is 6.03. The predicted octanol–water partition coefficient (Wildman–Crippen LogP) is 6.10. The maximum atomic E-state index is 13.5. The van der Waals surface area contributed by atoms with E-state index in [9.17, 15) is 4.79 Å². The van der Waals surface area contributed by atoms with E-state index in [4.69, 9.17) is 16.3 Å². The molecule has 1 fully saturated rings. The van der Waals surface area contributed by atoms with Crippen molar-refractivity contribution < 1.29 is 9.53 Å². The second-order valence-electron chi connectivity index (χ2n) is 7.95. The Balaban J connectivity index is 1.76. The van der Waals surface area contributed by atoms with Crippen LogP contribution >= 0.6 is 23.4 Å². The summed E-state index contributed by atoms with van der Waals surface area (Å²) >= 11 is 7.63. The van der Waals surface area contributed by atoms with Crippen LogP contribution in [0.25, 0.3) is 10.9 Å². The number of nitrogens with one attached hydrogen (secondary N) is 1. The molecule has 0 saturated carbocycles. The zero-order chi connectivity index (χ0) is 20.5. The van der Waals surface area contributed by atoms with Gasteiger partial charge in [-0.25, -0.2) is 0 Å². The summed E-state index contributed by atoms with van der Waals surface area (Å²) in [6.07, 6.45) is 1.17. The topological polar surface area (TPSA) is 45.3 Å². The molecule has 1 saturated heterocycles. The quantitative estimate of drug-likeness (QED) is 0.546. The van der Waals surface area contributed by atoms with E-state index in [0.717, 1.165) is 39.5 Å². The second kappa shape index (κ2) is 8.33. The van der Waals surface area contributed by atoms with Crippen LogP contribution in [0.5, 0.6) is 5.75 Å². The fraction of sp³-hybridized carbons (Fsp3) is 0.348. The normalized spacial score (nSPS) is 19.5. The summed E-state index contributed by atoms with van der Waals surface area (Å²) in [5.74, 6) is 1.86. The van der Waals surface area contributed by atoms with E-state index in [2.05, 4.69) is 18.8 Å². The number of likely N-dealkylation sites (tertiary alicyclic amines) is 1. The largest absolute Gasteiger partial charge is 0.497 e. The minimum atomic E-state index is 0.0648. The van der Waals surface area contributed by atoms with Gasteiger partial charge in [0, 0.05) is 34.5 Å². The molecule has 1 N–H and O–H groups in total. The molecule has 152 valence electrons. The van der Waals surface area contributed by atoms with Crippen LogP contribution in [0, 0.1) is 11.8 Å². The zero-order valence-corrected chi connectivity index (χ0v) is 18.4. The summed E-state index contributed by atoms with van der Waals surface area (Å²) in [5.41, 5.74) is 1.55. The van der Waals surface area contributed by atoms with Crippen LogP contribution < -0.4 is 4.74 Å². The van der Waals surface area contributed by atoms with Crippen LogP contribution in [-0.4, -0.2) is 36.0 Å². The van der Waals surface area contributed by atoms with Gasteiger partial charge in [0.05, 0.1) is 17.5 Å². The molecule has 6 heteroatoms. The van der Waals surface area contributed by atoms with E-state index in [0.29, 0.717) is 22.6 Å².